The summed E-state index contributed by atoms with van der Waals surface area (Å²) < 4.78 is 21.7. The summed E-state index contributed by atoms with van der Waals surface area (Å²) in [6.45, 7) is 0.274. The number of aromatic amines is 1. The fraction of sp³-hybridized carbons (Fsp3) is 0.229. The van der Waals surface area contributed by atoms with Crippen LogP contribution in [0.1, 0.15) is 42.5 Å². The predicted molar refractivity (Wildman–Crippen MR) is 174 cm³/mol. The second-order valence-corrected chi connectivity index (χ2v) is 11.5. The van der Waals surface area contributed by atoms with Gasteiger partial charge in [-0.2, -0.15) is 0 Å². The van der Waals surface area contributed by atoms with Crippen LogP contribution in [0.5, 0.6) is 0 Å². The summed E-state index contributed by atoms with van der Waals surface area (Å²) in [6.07, 6.45) is 3.11. The minimum Gasteiger partial charge on any atom is -0.462 e. The van der Waals surface area contributed by atoms with Crippen LogP contribution in [0.2, 0.25) is 0 Å². The van der Waals surface area contributed by atoms with Gasteiger partial charge < -0.3 is 31.1 Å². The van der Waals surface area contributed by atoms with E-state index in [1.165, 1.54) is 12.1 Å². The number of para-hydroxylation sites is 1. The molecule has 1 saturated carbocycles. The number of carbonyl (C=O) groups is 2. The Morgan fingerprint density at radius 1 is 0.978 bits per heavy atom. The van der Waals surface area contributed by atoms with E-state index in [0.717, 1.165) is 58.7 Å². The van der Waals surface area contributed by atoms with Crippen molar-refractivity contribution in [3.05, 3.63) is 90.2 Å². The molecule has 6 aromatic rings. The first-order valence-electron chi connectivity index (χ1n) is 15.2. The molecule has 7 rings (SSSR count). The number of fused-ring (bicyclic) bond motifs is 4. The van der Waals surface area contributed by atoms with Crippen molar-refractivity contribution in [3.8, 4) is 17.1 Å². The maximum atomic E-state index is 13.9. The maximum Gasteiger partial charge on any atom is 0.307 e. The van der Waals surface area contributed by atoms with Crippen LogP contribution in [0, 0.1) is 5.82 Å². The molecular formula is C35H33FN6O3. The number of hydrogen-bond acceptors (Lipinski definition) is 6. The molecule has 2 aromatic heterocycles. The number of anilines is 1. The third-order valence-electron chi connectivity index (χ3n) is 8.60. The van der Waals surface area contributed by atoms with E-state index in [4.69, 9.17) is 21.2 Å². The predicted octanol–water partition coefficient (Wildman–Crippen LogP) is 6.18. The number of rotatable bonds is 8. The van der Waals surface area contributed by atoms with E-state index in [1.54, 1.807) is 12.1 Å². The number of hydrogen-bond donors (Lipinski definition) is 4. The van der Waals surface area contributed by atoms with Gasteiger partial charge in [-0.25, -0.2) is 9.37 Å². The van der Waals surface area contributed by atoms with Crippen molar-refractivity contribution < 1.29 is 18.7 Å². The Bertz CT molecular complexity index is 2080. The Hall–Kier alpha value is -5.22. The van der Waals surface area contributed by atoms with Crippen LogP contribution < -0.4 is 16.8 Å². The van der Waals surface area contributed by atoms with E-state index < -0.39 is 5.91 Å². The summed E-state index contributed by atoms with van der Waals surface area (Å²) >= 11 is 0. The van der Waals surface area contributed by atoms with Crippen molar-refractivity contribution in [3.63, 3.8) is 0 Å². The van der Waals surface area contributed by atoms with Crippen molar-refractivity contribution in [2.45, 2.75) is 44.2 Å². The first-order valence-corrected chi connectivity index (χ1v) is 15.2. The van der Waals surface area contributed by atoms with Gasteiger partial charge in [0.05, 0.1) is 34.1 Å². The van der Waals surface area contributed by atoms with Gasteiger partial charge >= 0.3 is 5.97 Å². The molecule has 0 aliphatic heterocycles. The average molecular weight is 605 g/mol. The highest BCUT2D eigenvalue weighted by Crippen LogP contribution is 2.39. The van der Waals surface area contributed by atoms with E-state index in [0.29, 0.717) is 28.1 Å². The first kappa shape index (κ1) is 28.5. The third-order valence-corrected chi connectivity index (χ3v) is 8.60. The summed E-state index contributed by atoms with van der Waals surface area (Å²) in [5.41, 5.74) is 17.4. The Kier molecular flexibility index (Phi) is 7.42. The number of imidazole rings is 1. The van der Waals surface area contributed by atoms with Gasteiger partial charge in [0, 0.05) is 40.3 Å². The summed E-state index contributed by atoms with van der Waals surface area (Å²) in [6, 6.07) is 24.5. The normalized spacial score (nSPS) is 16.8. The number of nitrogens with two attached hydrogens (primary N) is 2. The number of benzene rings is 4. The van der Waals surface area contributed by atoms with Crippen LogP contribution in [-0.4, -0.2) is 45.1 Å². The quantitative estimate of drug-likeness (QED) is 0.153. The summed E-state index contributed by atoms with van der Waals surface area (Å²) in [7, 11) is 0. The summed E-state index contributed by atoms with van der Waals surface area (Å²) in [5, 5.41) is 5.60. The van der Waals surface area contributed by atoms with Crippen molar-refractivity contribution in [1.29, 1.82) is 0 Å². The summed E-state index contributed by atoms with van der Waals surface area (Å²) in [5.74, 6) is -0.448. The van der Waals surface area contributed by atoms with Gasteiger partial charge in [-0.05, 0) is 74.2 Å². The van der Waals surface area contributed by atoms with Crippen LogP contribution in [0.25, 0.3) is 49.9 Å². The average Bonchev–Trinajstić information content (AvgIpc) is 3.61. The third kappa shape index (κ3) is 5.38. The number of nitrogens with zero attached hydrogens (tertiary/aromatic N) is 2. The maximum absolute atomic E-state index is 13.9. The molecule has 9 nitrogen and oxygen atoms in total. The molecule has 228 valence electrons. The molecule has 1 aliphatic carbocycles. The molecule has 1 amide bonds. The highest BCUT2D eigenvalue weighted by atomic mass is 19.1. The van der Waals surface area contributed by atoms with Crippen LogP contribution in [0.15, 0.2) is 78.9 Å². The standard InChI is InChI=1S/C35H33FN6O3/c36-20-8-15-27-29(18-20)41-35(40-27)26-5-3-7-31-33(26)25-4-1-2-6-30(25)42(31)22-11-14-24(34(38)44)28(19-22)39-21-9-12-23(13-10-21)45-32(43)16-17-37/h1-8,11,14-15,18-19,21,23,39H,9-10,12-13,16-17,37H2,(H2,38,44)(H,40,41)/t21-,23-. The second kappa shape index (κ2) is 11.7. The van der Waals surface area contributed by atoms with Crippen LogP contribution in [0.4, 0.5) is 10.1 Å². The van der Waals surface area contributed by atoms with Crippen LogP contribution in [-0.2, 0) is 9.53 Å². The highest BCUT2D eigenvalue weighted by molar-refractivity contribution is 6.15. The number of carbonyl (C=O) groups excluding carboxylic acids is 2. The minimum atomic E-state index is -0.515. The summed E-state index contributed by atoms with van der Waals surface area (Å²) in [4.78, 5) is 32.5. The molecule has 4 aromatic carbocycles. The lowest BCUT2D eigenvalue weighted by Gasteiger charge is -2.30. The number of primary amides is 1. The van der Waals surface area contributed by atoms with Gasteiger partial charge in [-0.15, -0.1) is 0 Å². The Labute approximate surface area is 258 Å². The van der Waals surface area contributed by atoms with Gasteiger partial charge in [0.25, 0.3) is 5.91 Å². The molecule has 0 bridgehead atoms. The topological polar surface area (TPSA) is 141 Å². The van der Waals surface area contributed by atoms with E-state index in [9.17, 15) is 14.0 Å². The molecule has 1 aliphatic rings. The minimum absolute atomic E-state index is 0.0884. The molecule has 0 saturated heterocycles. The zero-order valence-corrected chi connectivity index (χ0v) is 24.6. The van der Waals surface area contributed by atoms with Gasteiger partial charge in [0.2, 0.25) is 0 Å². The number of esters is 1. The lowest BCUT2D eigenvalue weighted by molar-refractivity contribution is -0.150. The highest BCUT2D eigenvalue weighted by Gasteiger charge is 2.25. The smallest absolute Gasteiger partial charge is 0.307 e. The van der Waals surface area contributed by atoms with Crippen molar-refractivity contribution in [2.24, 2.45) is 11.5 Å². The molecule has 45 heavy (non-hydrogen) atoms. The molecule has 0 unspecified atom stereocenters. The SMILES string of the molecule is NCCC(=O)O[C@H]1CC[C@H](Nc2cc(-n3c4ccccc4c4c(-c5nc6ccc(F)cc6[nH]5)cccc43)ccc2C(N)=O)CC1. The van der Waals surface area contributed by atoms with Crippen LogP contribution >= 0.6 is 0 Å². The fourth-order valence-electron chi connectivity index (χ4n) is 6.52. The van der Waals surface area contributed by atoms with Gasteiger partial charge in [0.15, 0.2) is 0 Å². The first-order chi connectivity index (χ1) is 21.9. The van der Waals surface area contributed by atoms with E-state index in [-0.39, 0.29) is 36.9 Å². The lowest BCUT2D eigenvalue weighted by Crippen LogP contribution is -2.32. The number of nitrogens with one attached hydrogen (secondary N) is 2. The monoisotopic (exact) mass is 604 g/mol. The number of aromatic nitrogens is 3. The van der Waals surface area contributed by atoms with Crippen molar-refractivity contribution >= 4 is 50.4 Å². The Morgan fingerprint density at radius 3 is 2.58 bits per heavy atom. The lowest BCUT2D eigenvalue weighted by atomic mass is 9.92. The fourth-order valence-corrected chi connectivity index (χ4v) is 6.52. The molecule has 1 fully saturated rings. The Balaban J connectivity index is 1.27. The molecule has 0 atom stereocenters. The van der Waals surface area contributed by atoms with Crippen molar-refractivity contribution in [1.82, 2.24) is 14.5 Å². The largest absolute Gasteiger partial charge is 0.462 e. The van der Waals surface area contributed by atoms with Gasteiger partial charge in [-0.3, -0.25) is 9.59 Å². The zero-order valence-electron chi connectivity index (χ0n) is 24.6. The molecular weight excluding hydrogens is 571 g/mol. The molecule has 2 heterocycles. The number of H-pyrrole nitrogens is 1. The van der Waals surface area contributed by atoms with Crippen molar-refractivity contribution in [2.75, 3.05) is 11.9 Å². The second-order valence-electron chi connectivity index (χ2n) is 11.5. The van der Waals surface area contributed by atoms with Gasteiger partial charge in [-0.1, -0.05) is 30.3 Å². The van der Waals surface area contributed by atoms with E-state index >= 15 is 0 Å². The number of amides is 1. The van der Waals surface area contributed by atoms with E-state index in [1.807, 2.05) is 36.4 Å². The van der Waals surface area contributed by atoms with Gasteiger partial charge in [0.1, 0.15) is 17.7 Å². The van der Waals surface area contributed by atoms with E-state index in [2.05, 4.69) is 33.1 Å². The Morgan fingerprint density at radius 2 is 1.78 bits per heavy atom. The zero-order chi connectivity index (χ0) is 31.1. The number of ether oxygens (including phenoxy) is 1. The molecule has 0 spiro atoms. The number of halogens is 1. The van der Waals surface area contributed by atoms with Crippen LogP contribution in [0.3, 0.4) is 0 Å². The molecule has 10 heteroatoms. The molecule has 6 N–H and O–H groups in total. The molecule has 0 radical (unpaired) electrons.